The third-order valence-electron chi connectivity index (χ3n) is 3.55. The Bertz CT molecular complexity index is 286. The van der Waals surface area contributed by atoms with Crippen LogP contribution >= 0.6 is 0 Å². The van der Waals surface area contributed by atoms with Gasteiger partial charge in [0.15, 0.2) is 0 Å². The zero-order valence-corrected chi connectivity index (χ0v) is 12.8. The molecule has 2 unspecified atom stereocenters. The summed E-state index contributed by atoms with van der Waals surface area (Å²) in [6.45, 7) is 8.52. The zero-order valence-electron chi connectivity index (χ0n) is 12.8. The molecule has 120 valence electrons. The monoisotopic (exact) mass is 295 g/mol. The Labute approximate surface area is 120 Å². The predicted octanol–water partition coefficient (Wildman–Crippen LogP) is 2.22. The van der Waals surface area contributed by atoms with Gasteiger partial charge in [-0.3, -0.25) is 0 Å². The largest absolute Gasteiger partial charge is 0.401 e. The van der Waals surface area contributed by atoms with Gasteiger partial charge in [0.2, 0.25) is 0 Å². The summed E-state index contributed by atoms with van der Waals surface area (Å²) in [4.78, 5) is 2.19. The number of rotatable bonds is 5. The molecular weight excluding hydrogens is 267 g/mol. The van der Waals surface area contributed by atoms with E-state index in [4.69, 9.17) is 5.73 Å². The van der Waals surface area contributed by atoms with Crippen molar-refractivity contribution in [2.24, 2.45) is 17.1 Å². The van der Waals surface area contributed by atoms with Crippen molar-refractivity contribution in [3.8, 4) is 0 Å². The molecule has 0 saturated carbocycles. The molecule has 0 radical (unpaired) electrons. The molecule has 2 atom stereocenters. The maximum absolute atomic E-state index is 12.3. The minimum absolute atomic E-state index is 0.0933. The standard InChI is InChI=1S/C14H28F3N3/c1-13(2,3)7-11-6-12(19-10-14(15,16)17)9-20(8-11)5-4-18/h11-12,19H,4-10,18H2,1-3H3. The van der Waals surface area contributed by atoms with Gasteiger partial charge >= 0.3 is 6.18 Å². The van der Waals surface area contributed by atoms with E-state index in [0.29, 0.717) is 19.0 Å². The molecule has 1 fully saturated rings. The van der Waals surface area contributed by atoms with Crippen LogP contribution in [0.1, 0.15) is 33.6 Å². The molecule has 0 aromatic carbocycles. The zero-order chi connectivity index (χ0) is 15.4. The third kappa shape index (κ3) is 7.45. The van der Waals surface area contributed by atoms with Gasteiger partial charge in [0.1, 0.15) is 0 Å². The van der Waals surface area contributed by atoms with Gasteiger partial charge in [-0.2, -0.15) is 13.2 Å². The van der Waals surface area contributed by atoms with Gasteiger partial charge in [0, 0.05) is 32.2 Å². The highest BCUT2D eigenvalue weighted by atomic mass is 19.4. The first-order valence-electron chi connectivity index (χ1n) is 7.31. The van der Waals surface area contributed by atoms with Crippen LogP contribution in [0.2, 0.25) is 0 Å². The maximum atomic E-state index is 12.3. The number of nitrogens with zero attached hydrogens (tertiary/aromatic N) is 1. The van der Waals surface area contributed by atoms with E-state index in [1.165, 1.54) is 0 Å². The smallest absolute Gasteiger partial charge is 0.329 e. The first-order chi connectivity index (χ1) is 9.09. The molecule has 1 heterocycles. The average molecular weight is 295 g/mol. The lowest BCUT2D eigenvalue weighted by molar-refractivity contribution is -0.127. The van der Waals surface area contributed by atoms with Gasteiger partial charge in [-0.15, -0.1) is 0 Å². The summed E-state index contributed by atoms with van der Waals surface area (Å²) >= 11 is 0. The Morgan fingerprint density at radius 2 is 1.85 bits per heavy atom. The fourth-order valence-electron chi connectivity index (χ4n) is 3.09. The molecular formula is C14H28F3N3. The number of halogens is 3. The highest BCUT2D eigenvalue weighted by Gasteiger charge is 2.33. The van der Waals surface area contributed by atoms with E-state index in [0.717, 1.165) is 25.9 Å². The number of alkyl halides is 3. The number of hydrogen-bond donors (Lipinski definition) is 2. The lowest BCUT2D eigenvalue weighted by atomic mass is 9.80. The Morgan fingerprint density at radius 3 is 2.35 bits per heavy atom. The molecule has 1 aliphatic rings. The second kappa shape index (κ2) is 7.09. The van der Waals surface area contributed by atoms with Crippen molar-refractivity contribution in [3.05, 3.63) is 0 Å². The SMILES string of the molecule is CC(C)(C)CC1CC(NCC(F)(F)F)CN(CCN)C1. The van der Waals surface area contributed by atoms with Gasteiger partial charge < -0.3 is 16.0 Å². The van der Waals surface area contributed by atoms with Crippen LogP contribution in [0, 0.1) is 11.3 Å². The first kappa shape index (κ1) is 17.7. The molecule has 0 spiro atoms. The molecule has 6 heteroatoms. The van der Waals surface area contributed by atoms with E-state index >= 15 is 0 Å². The van der Waals surface area contributed by atoms with Crippen molar-refractivity contribution in [3.63, 3.8) is 0 Å². The summed E-state index contributed by atoms with van der Waals surface area (Å²) in [6, 6.07) is -0.0933. The topological polar surface area (TPSA) is 41.3 Å². The van der Waals surface area contributed by atoms with E-state index in [2.05, 4.69) is 31.0 Å². The summed E-state index contributed by atoms with van der Waals surface area (Å²) < 4.78 is 37.0. The fourth-order valence-corrected chi connectivity index (χ4v) is 3.09. The molecule has 20 heavy (non-hydrogen) atoms. The molecule has 1 saturated heterocycles. The van der Waals surface area contributed by atoms with Crippen LogP contribution in [-0.2, 0) is 0 Å². The Balaban J connectivity index is 2.56. The van der Waals surface area contributed by atoms with E-state index < -0.39 is 12.7 Å². The number of hydrogen-bond acceptors (Lipinski definition) is 3. The lowest BCUT2D eigenvalue weighted by Crippen LogP contribution is -2.52. The van der Waals surface area contributed by atoms with Crippen LogP contribution in [0.3, 0.4) is 0 Å². The first-order valence-corrected chi connectivity index (χ1v) is 7.31. The number of piperidine rings is 1. The van der Waals surface area contributed by atoms with Crippen LogP contribution in [0.25, 0.3) is 0 Å². The molecule has 1 rings (SSSR count). The van der Waals surface area contributed by atoms with Crippen LogP contribution in [0.5, 0.6) is 0 Å². The molecule has 0 bridgehead atoms. The Hall–Kier alpha value is -0.330. The van der Waals surface area contributed by atoms with E-state index in [1.807, 2.05) is 0 Å². The van der Waals surface area contributed by atoms with Crippen LogP contribution < -0.4 is 11.1 Å². The lowest BCUT2D eigenvalue weighted by Gasteiger charge is -2.40. The van der Waals surface area contributed by atoms with Crippen LogP contribution in [0.4, 0.5) is 13.2 Å². The molecule has 0 amide bonds. The molecule has 0 aromatic heterocycles. The molecule has 0 aliphatic carbocycles. The van der Waals surface area contributed by atoms with Crippen molar-refractivity contribution in [2.45, 2.75) is 45.8 Å². The van der Waals surface area contributed by atoms with Gasteiger partial charge in [0.05, 0.1) is 6.54 Å². The van der Waals surface area contributed by atoms with Gasteiger partial charge in [0.25, 0.3) is 0 Å². The molecule has 0 aromatic rings. The Kier molecular flexibility index (Phi) is 6.28. The minimum atomic E-state index is -4.14. The van der Waals surface area contributed by atoms with Gasteiger partial charge in [-0.05, 0) is 24.2 Å². The van der Waals surface area contributed by atoms with Crippen molar-refractivity contribution in [1.29, 1.82) is 0 Å². The quantitative estimate of drug-likeness (QED) is 0.817. The summed E-state index contributed by atoms with van der Waals surface area (Å²) in [5.41, 5.74) is 5.78. The van der Waals surface area contributed by atoms with Crippen molar-refractivity contribution in [1.82, 2.24) is 10.2 Å². The predicted molar refractivity (Wildman–Crippen MR) is 75.5 cm³/mol. The van der Waals surface area contributed by atoms with E-state index in [-0.39, 0.29) is 11.5 Å². The highest BCUT2D eigenvalue weighted by molar-refractivity contribution is 4.86. The fraction of sp³-hybridized carbons (Fsp3) is 1.00. The average Bonchev–Trinajstić information content (AvgIpc) is 2.23. The summed E-state index contributed by atoms with van der Waals surface area (Å²) in [6.07, 6.45) is -2.30. The van der Waals surface area contributed by atoms with E-state index in [9.17, 15) is 13.2 Å². The third-order valence-corrected chi connectivity index (χ3v) is 3.55. The maximum Gasteiger partial charge on any atom is 0.401 e. The minimum Gasteiger partial charge on any atom is -0.329 e. The second-order valence-corrected chi connectivity index (χ2v) is 7.11. The summed E-state index contributed by atoms with van der Waals surface area (Å²) in [5, 5.41) is 2.66. The van der Waals surface area contributed by atoms with Crippen LogP contribution in [-0.4, -0.2) is 49.8 Å². The number of nitrogens with one attached hydrogen (secondary N) is 1. The summed E-state index contributed by atoms with van der Waals surface area (Å²) in [7, 11) is 0. The van der Waals surface area contributed by atoms with Gasteiger partial charge in [-0.1, -0.05) is 20.8 Å². The summed E-state index contributed by atoms with van der Waals surface area (Å²) in [5.74, 6) is 0.432. The second-order valence-electron chi connectivity index (χ2n) is 7.11. The van der Waals surface area contributed by atoms with Crippen molar-refractivity contribution in [2.75, 3.05) is 32.7 Å². The Morgan fingerprint density at radius 1 is 1.20 bits per heavy atom. The number of likely N-dealkylation sites (tertiary alicyclic amines) is 1. The van der Waals surface area contributed by atoms with Gasteiger partial charge in [-0.25, -0.2) is 0 Å². The molecule has 3 nitrogen and oxygen atoms in total. The van der Waals surface area contributed by atoms with E-state index in [1.54, 1.807) is 0 Å². The highest BCUT2D eigenvalue weighted by Crippen LogP contribution is 2.30. The van der Waals surface area contributed by atoms with Crippen molar-refractivity contribution >= 4 is 0 Å². The molecule has 3 N–H and O–H groups in total. The van der Waals surface area contributed by atoms with Crippen molar-refractivity contribution < 1.29 is 13.2 Å². The van der Waals surface area contributed by atoms with Crippen LogP contribution in [0.15, 0.2) is 0 Å². The normalized spacial score (nSPS) is 25.9. The molecule has 1 aliphatic heterocycles. The number of nitrogens with two attached hydrogens (primary N) is 1.